The van der Waals surface area contributed by atoms with Crippen molar-refractivity contribution in [1.29, 1.82) is 10.5 Å². The van der Waals surface area contributed by atoms with Gasteiger partial charge in [0.1, 0.15) is 23.5 Å². The first-order valence-corrected chi connectivity index (χ1v) is 12.7. The van der Waals surface area contributed by atoms with Gasteiger partial charge in [-0.1, -0.05) is 30.3 Å². The van der Waals surface area contributed by atoms with E-state index < -0.39 is 0 Å². The van der Waals surface area contributed by atoms with Gasteiger partial charge in [0.15, 0.2) is 0 Å². The van der Waals surface area contributed by atoms with Crippen molar-refractivity contribution in [2.75, 3.05) is 62.2 Å². The van der Waals surface area contributed by atoms with E-state index >= 15 is 0 Å². The molecule has 0 radical (unpaired) electrons. The molecule has 2 aliphatic rings. The van der Waals surface area contributed by atoms with Gasteiger partial charge in [-0.2, -0.15) is 10.5 Å². The van der Waals surface area contributed by atoms with Crippen LogP contribution in [-0.2, 0) is 13.6 Å². The number of carbonyl (C=O) groups is 1. The molecule has 2 fully saturated rings. The Bertz CT molecular complexity index is 1330. The molecule has 0 spiro atoms. The molecule has 1 amide bonds. The van der Waals surface area contributed by atoms with Crippen LogP contribution in [0, 0.1) is 22.7 Å². The summed E-state index contributed by atoms with van der Waals surface area (Å²) >= 11 is 0. The number of aromatic nitrogens is 1. The molecule has 8 heteroatoms. The Labute approximate surface area is 218 Å². The van der Waals surface area contributed by atoms with E-state index in [9.17, 15) is 15.3 Å². The number of piperazine rings is 2. The fourth-order valence-electron chi connectivity index (χ4n) is 5.34. The van der Waals surface area contributed by atoms with Crippen LogP contribution in [0.3, 0.4) is 0 Å². The molecule has 5 rings (SSSR count). The lowest BCUT2D eigenvalue weighted by Gasteiger charge is -2.36. The highest BCUT2D eigenvalue weighted by Crippen LogP contribution is 2.24. The summed E-state index contributed by atoms with van der Waals surface area (Å²) in [4.78, 5) is 22.2. The molecule has 0 saturated carbocycles. The van der Waals surface area contributed by atoms with Crippen LogP contribution < -0.4 is 9.80 Å². The second kappa shape index (κ2) is 10.8. The standard InChI is InChI=1S/C29H31N7O/c1-32-27(29(37)36-17-15-34(16-18-36)25-8-3-2-4-9-25)19-24(28(32)21-31)22-33-11-13-35(14-12-33)26-10-6-5-7-23(26)20-30/h2-10,19H,11-18,22H2,1H3. The van der Waals surface area contributed by atoms with Crippen LogP contribution in [0.5, 0.6) is 0 Å². The lowest BCUT2D eigenvalue weighted by atomic mass is 10.1. The topological polar surface area (TPSA) is 82.5 Å². The number of carbonyl (C=O) groups excluding carboxylic acids is 1. The average molecular weight is 494 g/mol. The van der Waals surface area contributed by atoms with Gasteiger partial charge in [-0.3, -0.25) is 9.69 Å². The Hall–Kier alpha value is -4.27. The van der Waals surface area contributed by atoms with Crippen LogP contribution >= 0.6 is 0 Å². The minimum atomic E-state index is -0.0177. The van der Waals surface area contributed by atoms with Crippen LogP contribution in [0.1, 0.15) is 27.3 Å². The summed E-state index contributed by atoms with van der Waals surface area (Å²) in [6, 6.07) is 24.5. The molecular weight excluding hydrogens is 462 g/mol. The Kier molecular flexibility index (Phi) is 7.11. The zero-order chi connectivity index (χ0) is 25.8. The maximum absolute atomic E-state index is 13.4. The molecule has 2 saturated heterocycles. The van der Waals surface area contributed by atoms with Gasteiger partial charge in [0.2, 0.25) is 0 Å². The molecule has 188 valence electrons. The molecular formula is C29H31N7O. The van der Waals surface area contributed by atoms with Gasteiger partial charge in [0.05, 0.1) is 11.3 Å². The Morgan fingerprint density at radius 2 is 1.46 bits per heavy atom. The lowest BCUT2D eigenvalue weighted by Crippen LogP contribution is -2.49. The van der Waals surface area contributed by atoms with E-state index in [-0.39, 0.29) is 5.91 Å². The number of para-hydroxylation sites is 2. The van der Waals surface area contributed by atoms with Crippen molar-refractivity contribution in [3.8, 4) is 12.1 Å². The molecule has 0 bridgehead atoms. The largest absolute Gasteiger partial charge is 0.368 e. The van der Waals surface area contributed by atoms with Crippen molar-refractivity contribution < 1.29 is 4.79 Å². The van der Waals surface area contributed by atoms with Gasteiger partial charge in [0, 0.05) is 77.2 Å². The fraction of sp³-hybridized carbons (Fsp3) is 0.345. The highest BCUT2D eigenvalue weighted by atomic mass is 16.2. The molecule has 0 atom stereocenters. The quantitative estimate of drug-likeness (QED) is 0.543. The van der Waals surface area contributed by atoms with Gasteiger partial charge >= 0.3 is 0 Å². The third-order valence-corrected chi connectivity index (χ3v) is 7.46. The molecule has 0 aliphatic carbocycles. The third-order valence-electron chi connectivity index (χ3n) is 7.46. The summed E-state index contributed by atoms with van der Waals surface area (Å²) in [6.07, 6.45) is 0. The highest BCUT2D eigenvalue weighted by molar-refractivity contribution is 5.93. The number of benzene rings is 2. The molecule has 1 aromatic heterocycles. The SMILES string of the molecule is Cn1c(C(=O)N2CCN(c3ccccc3)CC2)cc(CN2CCN(c3ccccc3C#N)CC2)c1C#N. The minimum absolute atomic E-state index is 0.0177. The van der Waals surface area contributed by atoms with E-state index in [1.54, 1.807) is 4.57 Å². The molecule has 0 N–H and O–H groups in total. The summed E-state index contributed by atoms with van der Waals surface area (Å²) < 4.78 is 1.75. The zero-order valence-electron chi connectivity index (χ0n) is 21.2. The van der Waals surface area contributed by atoms with Crippen LogP contribution in [0.25, 0.3) is 0 Å². The highest BCUT2D eigenvalue weighted by Gasteiger charge is 2.27. The van der Waals surface area contributed by atoms with Crippen molar-refractivity contribution in [2.45, 2.75) is 6.54 Å². The second-order valence-corrected chi connectivity index (χ2v) is 9.58. The van der Waals surface area contributed by atoms with Gasteiger partial charge in [-0.15, -0.1) is 0 Å². The maximum atomic E-state index is 13.4. The van der Waals surface area contributed by atoms with Gasteiger partial charge in [0.25, 0.3) is 5.91 Å². The van der Waals surface area contributed by atoms with E-state index in [0.717, 1.165) is 50.5 Å². The number of nitriles is 2. The van der Waals surface area contributed by atoms with E-state index in [1.165, 1.54) is 5.69 Å². The van der Waals surface area contributed by atoms with Crippen LogP contribution in [-0.4, -0.2) is 72.6 Å². The summed E-state index contributed by atoms with van der Waals surface area (Å²) in [5.41, 5.74) is 4.85. The summed E-state index contributed by atoms with van der Waals surface area (Å²) in [7, 11) is 1.81. The van der Waals surface area contributed by atoms with Crippen molar-refractivity contribution in [2.24, 2.45) is 7.05 Å². The predicted molar refractivity (Wildman–Crippen MR) is 143 cm³/mol. The molecule has 2 aromatic carbocycles. The molecule has 37 heavy (non-hydrogen) atoms. The maximum Gasteiger partial charge on any atom is 0.270 e. The summed E-state index contributed by atoms with van der Waals surface area (Å²) in [5.74, 6) is -0.0177. The van der Waals surface area contributed by atoms with Crippen molar-refractivity contribution >= 4 is 17.3 Å². The number of amides is 1. The Balaban J connectivity index is 1.23. The van der Waals surface area contributed by atoms with Crippen LogP contribution in [0.15, 0.2) is 60.7 Å². The normalized spacial score (nSPS) is 16.4. The van der Waals surface area contributed by atoms with Crippen molar-refractivity contribution in [3.05, 3.63) is 83.2 Å². The first kappa shape index (κ1) is 24.4. The second-order valence-electron chi connectivity index (χ2n) is 9.58. The summed E-state index contributed by atoms with van der Waals surface area (Å²) in [5, 5.41) is 19.3. The zero-order valence-corrected chi connectivity index (χ0v) is 21.2. The number of anilines is 2. The number of rotatable bonds is 5. The van der Waals surface area contributed by atoms with Gasteiger partial charge < -0.3 is 19.3 Å². The van der Waals surface area contributed by atoms with Crippen molar-refractivity contribution in [3.63, 3.8) is 0 Å². The first-order chi connectivity index (χ1) is 18.1. The minimum Gasteiger partial charge on any atom is -0.368 e. The van der Waals surface area contributed by atoms with E-state index in [2.05, 4.69) is 39.0 Å². The average Bonchev–Trinajstić information content (AvgIpc) is 3.28. The smallest absolute Gasteiger partial charge is 0.270 e. The molecule has 3 aromatic rings. The molecule has 8 nitrogen and oxygen atoms in total. The molecule has 3 heterocycles. The van der Waals surface area contributed by atoms with E-state index in [4.69, 9.17) is 0 Å². The number of hydrogen-bond acceptors (Lipinski definition) is 6. The van der Waals surface area contributed by atoms with E-state index in [0.29, 0.717) is 36.6 Å². The fourth-order valence-corrected chi connectivity index (χ4v) is 5.34. The van der Waals surface area contributed by atoms with E-state index in [1.807, 2.05) is 60.5 Å². The number of nitrogens with zero attached hydrogens (tertiary/aromatic N) is 7. The summed E-state index contributed by atoms with van der Waals surface area (Å²) in [6.45, 7) is 6.78. The first-order valence-electron chi connectivity index (χ1n) is 12.7. The van der Waals surface area contributed by atoms with Crippen LogP contribution in [0.4, 0.5) is 11.4 Å². The van der Waals surface area contributed by atoms with Crippen LogP contribution in [0.2, 0.25) is 0 Å². The molecule has 0 unspecified atom stereocenters. The Morgan fingerprint density at radius 3 is 2.14 bits per heavy atom. The number of hydrogen-bond donors (Lipinski definition) is 0. The van der Waals surface area contributed by atoms with Gasteiger partial charge in [-0.25, -0.2) is 0 Å². The lowest BCUT2D eigenvalue weighted by molar-refractivity contribution is 0.0737. The predicted octanol–water partition coefficient (Wildman–Crippen LogP) is 3.05. The van der Waals surface area contributed by atoms with Crippen molar-refractivity contribution in [1.82, 2.24) is 14.4 Å². The monoisotopic (exact) mass is 493 g/mol. The van der Waals surface area contributed by atoms with Gasteiger partial charge in [-0.05, 0) is 30.3 Å². The molecule has 2 aliphatic heterocycles. The third kappa shape index (κ3) is 5.02. The Morgan fingerprint density at radius 1 is 0.811 bits per heavy atom.